The van der Waals surface area contributed by atoms with Crippen molar-refractivity contribution in [2.75, 3.05) is 47.5 Å². The van der Waals surface area contributed by atoms with Gasteiger partial charge in [0.25, 0.3) is 7.82 Å². The first-order chi connectivity index (χ1) is 46.0. The Labute approximate surface area is 575 Å². The minimum atomic E-state index is -4.68. The lowest BCUT2D eigenvalue weighted by molar-refractivity contribution is -0.870. The van der Waals surface area contributed by atoms with Crippen LogP contribution in [0.5, 0.6) is 0 Å². The average molecular weight is 1310 g/mol. The van der Waals surface area contributed by atoms with Gasteiger partial charge in [-0.05, 0) is 161 Å². The number of phosphoric ester groups is 1. The molecule has 0 heterocycles. The number of unbranched alkanes of at least 4 members (excludes halogenated alkanes) is 11. The third-order valence-corrected chi connectivity index (χ3v) is 15.1. The van der Waals surface area contributed by atoms with Crippen molar-refractivity contribution in [2.24, 2.45) is 0 Å². The van der Waals surface area contributed by atoms with Gasteiger partial charge in [0, 0.05) is 12.8 Å². The molecule has 0 saturated heterocycles. The number of hydrogen-bond acceptors (Lipinski definition) is 8. The molecule has 0 fully saturated rings. The Balaban J connectivity index is 4.23. The molecule has 0 aromatic heterocycles. The van der Waals surface area contributed by atoms with Crippen LogP contribution in [0.1, 0.15) is 232 Å². The maximum atomic E-state index is 12.9. The third-order valence-electron chi connectivity index (χ3n) is 14.2. The second-order valence-corrected chi connectivity index (χ2v) is 25.5. The number of carbonyl (C=O) groups excluding carboxylic acids is 2. The minimum absolute atomic E-state index is 0.0539. The van der Waals surface area contributed by atoms with Crippen molar-refractivity contribution >= 4 is 19.8 Å². The quantitative estimate of drug-likeness (QED) is 0.0195. The summed E-state index contributed by atoms with van der Waals surface area (Å²) in [7, 11) is 1.10. The van der Waals surface area contributed by atoms with E-state index in [0.29, 0.717) is 23.9 Å². The number of phosphoric acid groups is 1. The van der Waals surface area contributed by atoms with Gasteiger partial charge in [0.05, 0.1) is 27.7 Å². The molecule has 94 heavy (non-hydrogen) atoms. The van der Waals surface area contributed by atoms with Gasteiger partial charge in [0.1, 0.15) is 19.8 Å². The van der Waals surface area contributed by atoms with Crippen molar-refractivity contribution in [1.82, 2.24) is 0 Å². The molecule has 10 heteroatoms. The summed E-state index contributed by atoms with van der Waals surface area (Å²) in [5, 5.41) is 0. The number of hydrogen-bond donors (Lipinski definition) is 0. The minimum Gasteiger partial charge on any atom is -0.756 e. The van der Waals surface area contributed by atoms with E-state index in [-0.39, 0.29) is 26.1 Å². The molecule has 2 unspecified atom stereocenters. The van der Waals surface area contributed by atoms with Crippen molar-refractivity contribution in [3.63, 3.8) is 0 Å². The van der Waals surface area contributed by atoms with Gasteiger partial charge in [-0.25, -0.2) is 0 Å². The smallest absolute Gasteiger partial charge is 0.306 e. The molecule has 2 atom stereocenters. The fourth-order valence-electron chi connectivity index (χ4n) is 8.73. The van der Waals surface area contributed by atoms with Crippen LogP contribution in [0, 0.1) is 0 Å². The van der Waals surface area contributed by atoms with Gasteiger partial charge in [-0.3, -0.25) is 14.2 Å². The van der Waals surface area contributed by atoms with Gasteiger partial charge in [-0.15, -0.1) is 0 Å². The predicted octanol–water partition coefficient (Wildman–Crippen LogP) is 23.5. The standard InChI is InChI=1S/C84H130NO8P/c1-6-8-10-12-14-16-18-20-22-24-26-28-30-32-34-36-38-40-41-42-43-45-46-48-50-52-54-56-58-60-62-64-66-68-70-72-74-76-83(86)90-80-82(81-92-94(88,89)91-79-78-85(3,4)5)93-84(87)77-75-73-71-69-67-65-63-61-59-57-55-53-51-49-47-44-39-37-35-33-31-29-27-25-23-21-19-17-15-13-11-9-7-2/h8-11,14-17,20-23,26-29,32-35,38-40,42-44,46,48-49,51-52,54-55,57,61,63,67,69,82H,6-7,12-13,18-19,24-25,30-31,36-37,41,45,47,50,53,56,58-60,62,64-66,68,70-81H2,1-5H3/b10-8-,11-9-,16-14-,17-15-,22-20-,23-21-,28-26-,29-27-,34-32-,35-33-,40-38-,43-42-,44-39-,48-46-,51-49-,54-52-,57-55-,63-61-,69-67-. The van der Waals surface area contributed by atoms with Crippen molar-refractivity contribution in [2.45, 2.75) is 238 Å². The predicted molar refractivity (Wildman–Crippen MR) is 405 cm³/mol. The van der Waals surface area contributed by atoms with Crippen molar-refractivity contribution in [1.29, 1.82) is 0 Å². The summed E-state index contributed by atoms with van der Waals surface area (Å²) < 4.78 is 34.2. The highest BCUT2D eigenvalue weighted by molar-refractivity contribution is 7.45. The number of nitrogens with zero attached hydrogens (tertiary/aromatic N) is 1. The van der Waals surface area contributed by atoms with E-state index in [4.69, 9.17) is 18.5 Å². The number of likely N-dealkylation sites (N-methyl/N-ethyl adjacent to an activating group) is 1. The van der Waals surface area contributed by atoms with E-state index >= 15 is 0 Å². The number of rotatable bonds is 63. The van der Waals surface area contributed by atoms with E-state index in [1.165, 1.54) is 32.1 Å². The first-order valence-corrected chi connectivity index (χ1v) is 37.6. The van der Waals surface area contributed by atoms with E-state index in [2.05, 4.69) is 245 Å². The molecule has 0 amide bonds. The van der Waals surface area contributed by atoms with E-state index in [1.807, 2.05) is 21.1 Å². The lowest BCUT2D eigenvalue weighted by atomic mass is 10.1. The molecule has 0 rings (SSSR count). The van der Waals surface area contributed by atoms with Crippen molar-refractivity contribution in [3.05, 3.63) is 231 Å². The van der Waals surface area contributed by atoms with Crippen molar-refractivity contribution in [3.8, 4) is 0 Å². The molecule has 0 aromatic rings. The van der Waals surface area contributed by atoms with E-state index in [9.17, 15) is 19.0 Å². The molecule has 0 aromatic carbocycles. The molecule has 0 spiro atoms. The SMILES string of the molecule is CC/C=C\C/C=C\C/C=C\C/C=C\C/C=C\C/C=C\C/C=C\C/C=C\C/C=C\C/C=C\CCCCC(=O)OC(COC(=O)CCCCCCCCCCC/C=C\C/C=C\C/C=C\C/C=C\C/C=C\C/C=C\C/C=C\C/C=C\C/C=C\CC)COP(=O)([O-])OCC[N+](C)(C)C. The fourth-order valence-corrected chi connectivity index (χ4v) is 9.46. The van der Waals surface area contributed by atoms with Crippen LogP contribution in [0.15, 0.2) is 231 Å². The van der Waals surface area contributed by atoms with Crippen LogP contribution < -0.4 is 4.89 Å². The fraction of sp³-hybridized carbons (Fsp3) is 0.524. The molecule has 9 nitrogen and oxygen atoms in total. The summed E-state index contributed by atoms with van der Waals surface area (Å²) in [6, 6.07) is 0. The second kappa shape index (κ2) is 71.4. The highest BCUT2D eigenvalue weighted by Gasteiger charge is 2.22. The number of ether oxygens (including phenoxy) is 2. The van der Waals surface area contributed by atoms with E-state index in [1.54, 1.807) is 0 Å². The zero-order chi connectivity index (χ0) is 68.3. The maximum absolute atomic E-state index is 12.9. The number of quaternary nitrogens is 1. The van der Waals surface area contributed by atoms with Gasteiger partial charge in [-0.1, -0.05) is 290 Å². The van der Waals surface area contributed by atoms with Gasteiger partial charge in [0.2, 0.25) is 0 Å². The lowest BCUT2D eigenvalue weighted by Gasteiger charge is -2.28. The van der Waals surface area contributed by atoms with Crippen LogP contribution in [-0.4, -0.2) is 70.0 Å². The monoisotopic (exact) mass is 1310 g/mol. The van der Waals surface area contributed by atoms with Crippen LogP contribution in [0.25, 0.3) is 0 Å². The number of esters is 2. The Bertz CT molecular complexity index is 2440. The van der Waals surface area contributed by atoms with Crippen LogP contribution in [0.2, 0.25) is 0 Å². The summed E-state index contributed by atoms with van der Waals surface area (Å²) in [4.78, 5) is 38.1. The highest BCUT2D eigenvalue weighted by atomic mass is 31.2. The van der Waals surface area contributed by atoms with E-state index < -0.39 is 32.5 Å². The summed E-state index contributed by atoms with van der Waals surface area (Å²) in [5.74, 6) is -0.911. The molecule has 0 bridgehead atoms. The van der Waals surface area contributed by atoms with Crippen LogP contribution in [0.4, 0.5) is 0 Å². The normalized spacial score (nSPS) is 14.5. The summed E-state index contributed by atoms with van der Waals surface area (Å²) in [6.07, 6.45) is 116. The summed E-state index contributed by atoms with van der Waals surface area (Å²) in [5.41, 5.74) is 0. The molecular formula is C84H130NO8P. The zero-order valence-corrected chi connectivity index (χ0v) is 60.4. The lowest BCUT2D eigenvalue weighted by Crippen LogP contribution is -2.37. The molecule has 0 aliphatic carbocycles. The summed E-state index contributed by atoms with van der Waals surface area (Å²) in [6.45, 7) is 3.92. The Morgan fingerprint density at radius 2 is 0.574 bits per heavy atom. The van der Waals surface area contributed by atoms with Gasteiger partial charge in [0.15, 0.2) is 6.10 Å². The third kappa shape index (κ3) is 75.1. The molecule has 0 radical (unpaired) electrons. The molecule has 0 N–H and O–H groups in total. The maximum Gasteiger partial charge on any atom is 0.306 e. The first kappa shape index (κ1) is 88.1. The number of allylic oxidation sites excluding steroid dienone is 38. The Hall–Kier alpha value is -5.93. The molecule has 0 saturated carbocycles. The van der Waals surface area contributed by atoms with Crippen LogP contribution in [0.3, 0.4) is 0 Å². The first-order valence-electron chi connectivity index (χ1n) is 36.1. The van der Waals surface area contributed by atoms with Crippen LogP contribution >= 0.6 is 7.82 Å². The van der Waals surface area contributed by atoms with Gasteiger partial charge < -0.3 is 27.9 Å². The Morgan fingerprint density at radius 1 is 0.330 bits per heavy atom. The number of carbonyl (C=O) groups is 2. The molecule has 0 aliphatic rings. The average Bonchev–Trinajstić information content (AvgIpc) is 1.56. The van der Waals surface area contributed by atoms with Gasteiger partial charge in [-0.2, -0.15) is 0 Å². The highest BCUT2D eigenvalue weighted by Crippen LogP contribution is 2.38. The second-order valence-electron chi connectivity index (χ2n) is 24.1. The molecule has 0 aliphatic heterocycles. The topological polar surface area (TPSA) is 111 Å². The Kier molecular flexibility index (Phi) is 66.9. The van der Waals surface area contributed by atoms with Crippen molar-refractivity contribution < 1.29 is 42.1 Å². The molecule has 524 valence electrons. The largest absolute Gasteiger partial charge is 0.756 e. The van der Waals surface area contributed by atoms with Gasteiger partial charge >= 0.3 is 11.9 Å². The van der Waals surface area contributed by atoms with E-state index in [0.717, 1.165) is 161 Å². The zero-order valence-electron chi connectivity index (χ0n) is 59.5. The van der Waals surface area contributed by atoms with Crippen LogP contribution in [-0.2, 0) is 32.7 Å². The molecular weight excluding hydrogens is 1180 g/mol. The Morgan fingerprint density at radius 3 is 0.872 bits per heavy atom. The summed E-state index contributed by atoms with van der Waals surface area (Å²) >= 11 is 0.